The summed E-state index contributed by atoms with van der Waals surface area (Å²) in [5.41, 5.74) is 2.43. The Morgan fingerprint density at radius 3 is 2.74 bits per heavy atom. The van der Waals surface area contributed by atoms with Crippen LogP contribution in [0.1, 0.15) is 60.4 Å². The molecule has 1 aliphatic heterocycles. The lowest BCUT2D eigenvalue weighted by Crippen LogP contribution is -2.43. The molecule has 1 saturated carbocycles. The van der Waals surface area contributed by atoms with Gasteiger partial charge in [-0.05, 0) is 48.4 Å². The zero-order chi connectivity index (χ0) is 27.3. The lowest BCUT2D eigenvalue weighted by molar-refractivity contribution is 0.0925. The van der Waals surface area contributed by atoms with Crippen LogP contribution in [0.2, 0.25) is 0 Å². The van der Waals surface area contributed by atoms with Crippen LogP contribution in [-0.2, 0) is 19.0 Å². The lowest BCUT2D eigenvalue weighted by Gasteiger charge is -2.45. The number of carbonyl (C=O) groups is 1. The Labute approximate surface area is 225 Å². The molecule has 2 aliphatic rings. The first kappa shape index (κ1) is 25.5. The third kappa shape index (κ3) is 4.58. The predicted octanol–water partition coefficient (Wildman–Crippen LogP) is 4.15. The highest BCUT2D eigenvalue weighted by Crippen LogP contribution is 2.51. The number of nitrogens with zero attached hydrogens (tertiary/aromatic N) is 7. The van der Waals surface area contributed by atoms with Crippen molar-refractivity contribution in [2.24, 2.45) is 18.9 Å². The Balaban J connectivity index is 1.29. The van der Waals surface area contributed by atoms with Crippen LogP contribution in [0.4, 0.5) is 14.5 Å². The monoisotopic (exact) mass is 534 g/mol. The van der Waals surface area contributed by atoms with Crippen molar-refractivity contribution in [3.63, 3.8) is 0 Å². The van der Waals surface area contributed by atoms with Crippen molar-refractivity contribution < 1.29 is 13.6 Å². The molecule has 0 unspecified atom stereocenters. The van der Waals surface area contributed by atoms with Crippen molar-refractivity contribution in [3.8, 4) is 0 Å². The molecule has 11 heteroatoms. The van der Waals surface area contributed by atoms with Gasteiger partial charge in [-0.1, -0.05) is 13.8 Å². The van der Waals surface area contributed by atoms with E-state index >= 15 is 0 Å². The van der Waals surface area contributed by atoms with Crippen LogP contribution in [0.25, 0.3) is 5.65 Å². The van der Waals surface area contributed by atoms with E-state index in [1.54, 1.807) is 24.8 Å². The summed E-state index contributed by atoms with van der Waals surface area (Å²) in [6.45, 7) is 5.81. The average molecular weight is 535 g/mol. The molecule has 39 heavy (non-hydrogen) atoms. The summed E-state index contributed by atoms with van der Waals surface area (Å²) in [4.78, 5) is 24.3. The summed E-state index contributed by atoms with van der Waals surface area (Å²) in [7, 11) is 1.93. The van der Waals surface area contributed by atoms with E-state index in [0.29, 0.717) is 37.7 Å². The molecule has 0 spiro atoms. The number of anilines is 1. The number of halogens is 2. The van der Waals surface area contributed by atoms with Gasteiger partial charge >= 0.3 is 0 Å². The van der Waals surface area contributed by atoms with Crippen LogP contribution < -0.4 is 5.32 Å². The highest BCUT2D eigenvalue weighted by molar-refractivity contribution is 6.08. The normalized spacial score (nSPS) is 25.5. The van der Waals surface area contributed by atoms with Gasteiger partial charge in [-0.3, -0.25) is 19.1 Å². The highest BCUT2D eigenvalue weighted by atomic mass is 19.1. The fraction of sp³-hybridized carbons (Fsp3) is 0.464. The van der Waals surface area contributed by atoms with Crippen molar-refractivity contribution in [1.82, 2.24) is 34.0 Å². The molecule has 2 atom stereocenters. The van der Waals surface area contributed by atoms with E-state index < -0.39 is 18.0 Å². The minimum absolute atomic E-state index is 0.0708. The van der Waals surface area contributed by atoms with Gasteiger partial charge in [-0.2, -0.15) is 4.39 Å². The molecule has 1 aliphatic carbocycles. The molecule has 6 rings (SSSR count). The first-order valence-electron chi connectivity index (χ1n) is 13.4. The Bertz CT molecular complexity index is 1530. The second-order valence-corrected chi connectivity index (χ2v) is 11.3. The molecule has 0 bridgehead atoms. The number of imidazole rings is 1. The van der Waals surface area contributed by atoms with Gasteiger partial charge in [0.05, 0.1) is 29.1 Å². The van der Waals surface area contributed by atoms with Crippen molar-refractivity contribution in [1.29, 1.82) is 0 Å². The van der Waals surface area contributed by atoms with E-state index in [2.05, 4.69) is 37.3 Å². The van der Waals surface area contributed by atoms with Crippen molar-refractivity contribution in [3.05, 3.63) is 71.7 Å². The van der Waals surface area contributed by atoms with Crippen molar-refractivity contribution >= 4 is 17.2 Å². The molecular formula is C28H32F2N8O. The van der Waals surface area contributed by atoms with E-state index in [1.807, 2.05) is 30.8 Å². The van der Waals surface area contributed by atoms with Gasteiger partial charge in [0.15, 0.2) is 5.65 Å². The van der Waals surface area contributed by atoms with Crippen LogP contribution in [0.3, 0.4) is 0 Å². The number of hydrogen-bond donors (Lipinski definition) is 1. The summed E-state index contributed by atoms with van der Waals surface area (Å²) in [5, 5.41) is 11.4. The highest BCUT2D eigenvalue weighted by Gasteiger charge is 2.48. The third-order valence-corrected chi connectivity index (χ3v) is 8.23. The number of rotatable bonds is 6. The van der Waals surface area contributed by atoms with E-state index in [0.717, 1.165) is 36.0 Å². The number of alkyl halides is 1. The van der Waals surface area contributed by atoms with Crippen LogP contribution in [0.5, 0.6) is 0 Å². The smallest absolute Gasteiger partial charge is 0.259 e. The summed E-state index contributed by atoms with van der Waals surface area (Å²) in [5.74, 6) is 0.379. The first-order valence-corrected chi connectivity index (χ1v) is 13.4. The minimum Gasteiger partial charge on any atom is -0.320 e. The molecule has 5 heterocycles. The number of carbonyl (C=O) groups excluding carboxylic acids is 1. The SMILES string of the molecule is CC1CC(c2cncc(NC(=O)c3cc(CN4CC[C@H](F)[C@H](C)C4)cn4c(F)cnc34)c2)(c2nncn2C)C1. The number of aromatic nitrogens is 6. The number of nitrogens with one attached hydrogen (secondary N) is 1. The molecule has 1 amide bonds. The van der Waals surface area contributed by atoms with Gasteiger partial charge in [0.2, 0.25) is 5.95 Å². The molecule has 4 aromatic heterocycles. The van der Waals surface area contributed by atoms with Gasteiger partial charge in [0, 0.05) is 45.0 Å². The number of fused-ring (bicyclic) bond motifs is 1. The van der Waals surface area contributed by atoms with E-state index in [-0.39, 0.29) is 22.5 Å². The second kappa shape index (κ2) is 9.78. The van der Waals surface area contributed by atoms with Crippen molar-refractivity contribution in [2.45, 2.75) is 51.2 Å². The summed E-state index contributed by atoms with van der Waals surface area (Å²) in [6, 6.07) is 3.68. The quantitative estimate of drug-likeness (QED) is 0.400. The molecule has 2 fully saturated rings. The molecule has 1 saturated heterocycles. The largest absolute Gasteiger partial charge is 0.320 e. The fourth-order valence-electron chi connectivity index (χ4n) is 6.34. The van der Waals surface area contributed by atoms with Gasteiger partial charge in [0.1, 0.15) is 18.3 Å². The van der Waals surface area contributed by atoms with Gasteiger partial charge in [-0.15, -0.1) is 10.2 Å². The molecule has 204 valence electrons. The Hall–Kier alpha value is -3.73. The van der Waals surface area contributed by atoms with Crippen LogP contribution in [-0.4, -0.2) is 59.2 Å². The number of aryl methyl sites for hydroxylation is 1. The van der Waals surface area contributed by atoms with E-state index in [9.17, 15) is 13.6 Å². The Morgan fingerprint density at radius 1 is 1.21 bits per heavy atom. The maximum atomic E-state index is 14.6. The third-order valence-electron chi connectivity index (χ3n) is 8.23. The summed E-state index contributed by atoms with van der Waals surface area (Å²) in [6.07, 6.45) is 9.36. The molecule has 1 N–H and O–H groups in total. The average Bonchev–Trinajstić information content (AvgIpc) is 3.49. The molecule has 0 radical (unpaired) electrons. The van der Waals surface area contributed by atoms with E-state index in [4.69, 9.17) is 0 Å². The first-order chi connectivity index (χ1) is 18.7. The minimum atomic E-state index is -0.809. The maximum absolute atomic E-state index is 14.6. The van der Waals surface area contributed by atoms with Gasteiger partial charge in [-0.25, -0.2) is 9.37 Å². The summed E-state index contributed by atoms with van der Waals surface area (Å²) >= 11 is 0. The van der Waals surface area contributed by atoms with Gasteiger partial charge in [0.25, 0.3) is 5.91 Å². The molecule has 9 nitrogen and oxygen atoms in total. The number of piperidine rings is 1. The topological polar surface area (TPSA) is 93.2 Å². The zero-order valence-electron chi connectivity index (χ0n) is 22.3. The van der Waals surface area contributed by atoms with Crippen molar-refractivity contribution in [2.75, 3.05) is 18.4 Å². The molecule has 4 aromatic rings. The Morgan fingerprint density at radius 2 is 2.03 bits per heavy atom. The van der Waals surface area contributed by atoms with E-state index in [1.165, 1.54) is 4.40 Å². The number of pyridine rings is 2. The van der Waals surface area contributed by atoms with Crippen LogP contribution in [0, 0.1) is 17.8 Å². The van der Waals surface area contributed by atoms with Crippen LogP contribution in [0.15, 0.2) is 43.2 Å². The molecular weight excluding hydrogens is 502 g/mol. The molecule has 0 aromatic carbocycles. The Kier molecular flexibility index (Phi) is 6.41. The van der Waals surface area contributed by atoms with Crippen LogP contribution >= 0.6 is 0 Å². The lowest BCUT2D eigenvalue weighted by atomic mass is 9.59. The standard InChI is InChI=1S/C28H32F2N8O/c1-17-8-28(9-17,27-35-33-16-36(27)3)20-7-21(11-31-10-20)34-26(39)22-6-19(15-38-24(30)12-32-25(22)38)14-37-5-4-23(29)18(2)13-37/h6-7,10-12,15-18,23H,4-5,8-9,13-14H2,1-3H3,(H,34,39)/t17?,18-,23+,28?/m1/s1. The number of likely N-dealkylation sites (tertiary alicyclic amines) is 1. The fourth-order valence-corrected chi connectivity index (χ4v) is 6.34. The van der Waals surface area contributed by atoms with Gasteiger partial charge < -0.3 is 9.88 Å². The summed E-state index contributed by atoms with van der Waals surface area (Å²) < 4.78 is 31.8. The number of hydrogen-bond acceptors (Lipinski definition) is 6. The second-order valence-electron chi connectivity index (χ2n) is 11.3. The predicted molar refractivity (Wildman–Crippen MR) is 141 cm³/mol. The number of amides is 1. The zero-order valence-corrected chi connectivity index (χ0v) is 22.3. The maximum Gasteiger partial charge on any atom is 0.259 e.